The third-order valence-electron chi connectivity index (χ3n) is 3.71. The number of anilines is 1. The highest BCUT2D eigenvalue weighted by Gasteiger charge is 2.07. The number of hydrogen-bond donors (Lipinski definition) is 1. The number of carbonyl (C=O) groups excluding carboxylic acids is 1. The molecule has 0 saturated heterocycles. The summed E-state index contributed by atoms with van der Waals surface area (Å²) in [7, 11) is 0. The Bertz CT molecular complexity index is 803. The average Bonchev–Trinajstić information content (AvgIpc) is 2.64. The summed E-state index contributed by atoms with van der Waals surface area (Å²) in [5.74, 6) is 1.07. The minimum absolute atomic E-state index is 0.167. The van der Waals surface area contributed by atoms with E-state index in [4.69, 9.17) is 14.3 Å². The second kappa shape index (κ2) is 10.2. The average molecular weight is 370 g/mol. The molecular weight excluding hydrogens is 344 g/mol. The Labute approximate surface area is 160 Å². The number of benzene rings is 2. The van der Waals surface area contributed by atoms with Gasteiger partial charge in [0.2, 0.25) is 0 Å². The summed E-state index contributed by atoms with van der Waals surface area (Å²) < 4.78 is 11.1. The van der Waals surface area contributed by atoms with Crippen molar-refractivity contribution in [1.29, 1.82) is 0 Å². The normalized spacial score (nSPS) is 10.7. The van der Waals surface area contributed by atoms with E-state index in [1.165, 1.54) is 6.21 Å². The van der Waals surface area contributed by atoms with Crippen LogP contribution in [0.2, 0.25) is 0 Å². The van der Waals surface area contributed by atoms with E-state index in [9.17, 15) is 4.79 Å². The minimum atomic E-state index is -0.262. The molecule has 6 nitrogen and oxygen atoms in total. The Balaban J connectivity index is 1.90. The highest BCUT2D eigenvalue weighted by molar-refractivity contribution is 5.92. The number of oxime groups is 1. The first-order chi connectivity index (χ1) is 13.0. The molecule has 0 aromatic heterocycles. The van der Waals surface area contributed by atoms with Gasteiger partial charge in [-0.25, -0.2) is 0 Å². The van der Waals surface area contributed by atoms with Crippen molar-refractivity contribution in [2.75, 3.05) is 25.1 Å². The molecule has 0 unspecified atom stereocenters. The minimum Gasteiger partial charge on any atom is -0.490 e. The molecule has 0 aliphatic heterocycles. The van der Waals surface area contributed by atoms with Gasteiger partial charge in [0.05, 0.1) is 19.4 Å². The monoisotopic (exact) mass is 370 g/mol. The van der Waals surface area contributed by atoms with E-state index in [-0.39, 0.29) is 12.5 Å². The Kier molecular flexibility index (Phi) is 7.67. The number of hydrogen-bond acceptors (Lipinski definition) is 5. The molecule has 0 spiro atoms. The lowest BCUT2D eigenvalue weighted by Gasteiger charge is -2.11. The van der Waals surface area contributed by atoms with Crippen molar-refractivity contribution in [1.82, 2.24) is 0 Å². The second-order valence-electron chi connectivity index (χ2n) is 5.95. The van der Waals surface area contributed by atoms with Crippen LogP contribution in [0.1, 0.15) is 30.5 Å². The number of rotatable bonds is 9. The van der Waals surface area contributed by atoms with Crippen LogP contribution in [0.15, 0.2) is 41.6 Å². The zero-order chi connectivity index (χ0) is 19.6. The SMILES string of the molecule is CCOc1ccc(/C=N/OCC(=O)Nc2cc(C)ccc2C)cc1OCC. The topological polar surface area (TPSA) is 69.2 Å². The van der Waals surface area contributed by atoms with Crippen molar-refractivity contribution in [3.05, 3.63) is 53.1 Å². The summed E-state index contributed by atoms with van der Waals surface area (Å²) in [6.45, 7) is 8.68. The van der Waals surface area contributed by atoms with E-state index < -0.39 is 0 Å². The number of ether oxygens (including phenoxy) is 2. The van der Waals surface area contributed by atoms with Crippen molar-refractivity contribution >= 4 is 17.8 Å². The van der Waals surface area contributed by atoms with Crippen LogP contribution in [0.3, 0.4) is 0 Å². The maximum atomic E-state index is 12.0. The molecule has 0 heterocycles. The van der Waals surface area contributed by atoms with E-state index in [0.717, 1.165) is 22.4 Å². The van der Waals surface area contributed by atoms with Gasteiger partial charge in [-0.1, -0.05) is 17.3 Å². The van der Waals surface area contributed by atoms with Gasteiger partial charge < -0.3 is 19.6 Å². The Hall–Kier alpha value is -3.02. The molecular formula is C21H26N2O4. The first kappa shape index (κ1) is 20.3. The molecule has 0 saturated carbocycles. The Morgan fingerprint density at radius 1 is 1.04 bits per heavy atom. The zero-order valence-electron chi connectivity index (χ0n) is 16.2. The largest absolute Gasteiger partial charge is 0.490 e. The summed E-state index contributed by atoms with van der Waals surface area (Å²) in [5.41, 5.74) is 3.64. The van der Waals surface area contributed by atoms with Crippen LogP contribution in [0.4, 0.5) is 5.69 Å². The molecule has 0 fully saturated rings. The standard InChI is InChI=1S/C21H26N2O4/c1-5-25-19-10-9-17(12-20(19)26-6-2)13-22-27-14-21(24)23-18-11-15(3)7-8-16(18)4/h7-13H,5-6,14H2,1-4H3,(H,23,24)/b22-13+. The molecule has 6 heteroatoms. The van der Waals surface area contributed by atoms with E-state index in [1.54, 1.807) is 0 Å². The zero-order valence-corrected chi connectivity index (χ0v) is 16.2. The first-order valence-corrected chi connectivity index (χ1v) is 8.95. The van der Waals surface area contributed by atoms with Crippen LogP contribution < -0.4 is 14.8 Å². The van der Waals surface area contributed by atoms with Gasteiger partial charge in [0.25, 0.3) is 5.91 Å². The predicted molar refractivity (Wildman–Crippen MR) is 107 cm³/mol. The van der Waals surface area contributed by atoms with Crippen LogP contribution in [0, 0.1) is 13.8 Å². The van der Waals surface area contributed by atoms with Gasteiger partial charge in [-0.2, -0.15) is 0 Å². The number of nitrogens with zero attached hydrogens (tertiary/aromatic N) is 1. The summed E-state index contributed by atoms with van der Waals surface area (Å²) in [5, 5.41) is 6.68. The van der Waals surface area contributed by atoms with Gasteiger partial charge in [0.1, 0.15) is 0 Å². The molecule has 0 bridgehead atoms. The summed E-state index contributed by atoms with van der Waals surface area (Å²) in [6.07, 6.45) is 1.53. The number of carbonyl (C=O) groups is 1. The van der Waals surface area contributed by atoms with Gasteiger partial charge in [-0.15, -0.1) is 0 Å². The quantitative estimate of drug-likeness (QED) is 0.533. The Morgan fingerprint density at radius 3 is 2.52 bits per heavy atom. The van der Waals surface area contributed by atoms with E-state index in [2.05, 4.69) is 10.5 Å². The van der Waals surface area contributed by atoms with E-state index in [0.29, 0.717) is 24.7 Å². The van der Waals surface area contributed by atoms with Crippen LogP contribution in [-0.4, -0.2) is 31.9 Å². The molecule has 27 heavy (non-hydrogen) atoms. The third-order valence-corrected chi connectivity index (χ3v) is 3.71. The molecule has 2 aromatic carbocycles. The van der Waals surface area contributed by atoms with Gasteiger partial charge >= 0.3 is 0 Å². The summed E-state index contributed by atoms with van der Waals surface area (Å²) in [4.78, 5) is 17.1. The van der Waals surface area contributed by atoms with Crippen molar-refractivity contribution in [2.45, 2.75) is 27.7 Å². The van der Waals surface area contributed by atoms with Crippen molar-refractivity contribution in [2.24, 2.45) is 5.16 Å². The molecule has 0 aliphatic rings. The third kappa shape index (κ3) is 6.33. The molecule has 0 radical (unpaired) electrons. The summed E-state index contributed by atoms with van der Waals surface area (Å²) >= 11 is 0. The van der Waals surface area contributed by atoms with Crippen LogP contribution >= 0.6 is 0 Å². The summed E-state index contributed by atoms with van der Waals surface area (Å²) in [6, 6.07) is 11.4. The molecule has 2 rings (SSSR count). The lowest BCUT2D eigenvalue weighted by atomic mass is 10.1. The number of aryl methyl sites for hydroxylation is 2. The van der Waals surface area contributed by atoms with Crippen molar-refractivity contribution in [3.8, 4) is 11.5 Å². The molecule has 1 N–H and O–H groups in total. The highest BCUT2D eigenvalue weighted by Crippen LogP contribution is 2.28. The number of amides is 1. The lowest BCUT2D eigenvalue weighted by molar-refractivity contribution is -0.120. The van der Waals surface area contributed by atoms with Crippen LogP contribution in [-0.2, 0) is 9.63 Å². The van der Waals surface area contributed by atoms with E-state index >= 15 is 0 Å². The van der Waals surface area contributed by atoms with Gasteiger partial charge in [0.15, 0.2) is 18.1 Å². The second-order valence-corrected chi connectivity index (χ2v) is 5.95. The van der Waals surface area contributed by atoms with Gasteiger partial charge in [-0.3, -0.25) is 4.79 Å². The smallest absolute Gasteiger partial charge is 0.265 e. The lowest BCUT2D eigenvalue weighted by Crippen LogP contribution is -2.17. The fourth-order valence-electron chi connectivity index (χ4n) is 2.40. The highest BCUT2D eigenvalue weighted by atomic mass is 16.6. The van der Waals surface area contributed by atoms with Gasteiger partial charge in [-0.05, 0) is 63.1 Å². The van der Waals surface area contributed by atoms with Gasteiger partial charge in [0, 0.05) is 11.3 Å². The van der Waals surface area contributed by atoms with Crippen LogP contribution in [0.5, 0.6) is 11.5 Å². The molecule has 2 aromatic rings. The van der Waals surface area contributed by atoms with Crippen molar-refractivity contribution < 1.29 is 19.1 Å². The maximum absolute atomic E-state index is 12.0. The van der Waals surface area contributed by atoms with E-state index in [1.807, 2.05) is 64.1 Å². The van der Waals surface area contributed by atoms with Crippen molar-refractivity contribution in [3.63, 3.8) is 0 Å². The fourth-order valence-corrected chi connectivity index (χ4v) is 2.40. The Morgan fingerprint density at radius 2 is 1.78 bits per heavy atom. The molecule has 144 valence electrons. The van der Waals surface area contributed by atoms with Crippen LogP contribution in [0.25, 0.3) is 0 Å². The first-order valence-electron chi connectivity index (χ1n) is 8.95. The molecule has 0 aliphatic carbocycles. The number of nitrogens with one attached hydrogen (secondary N) is 1. The maximum Gasteiger partial charge on any atom is 0.265 e. The molecule has 1 amide bonds. The predicted octanol–water partition coefficient (Wildman–Crippen LogP) is 4.09. The molecule has 0 atom stereocenters. The fraction of sp³-hybridized carbons (Fsp3) is 0.333.